The van der Waals surface area contributed by atoms with E-state index < -0.39 is 0 Å². The van der Waals surface area contributed by atoms with Crippen molar-refractivity contribution in [1.82, 2.24) is 0 Å². The Balaban J connectivity index is 2.23. The van der Waals surface area contributed by atoms with Crippen molar-refractivity contribution in [3.63, 3.8) is 0 Å². The van der Waals surface area contributed by atoms with Gasteiger partial charge in [0.2, 0.25) is 0 Å². The SMILES string of the molecule is CCc1ccccc1NC(=O)c1ccc(O)c(C)c1. The molecule has 3 heteroatoms. The number of amides is 1. The van der Waals surface area contributed by atoms with Crippen molar-refractivity contribution in [3.8, 4) is 5.75 Å². The second-order valence-electron chi connectivity index (χ2n) is 4.47. The van der Waals surface area contributed by atoms with Crippen LogP contribution in [0.5, 0.6) is 5.75 Å². The van der Waals surface area contributed by atoms with Gasteiger partial charge in [0.1, 0.15) is 5.75 Å². The first-order valence-corrected chi connectivity index (χ1v) is 6.30. The second kappa shape index (κ2) is 5.57. The molecule has 0 aliphatic rings. The number of phenols is 1. The molecule has 0 radical (unpaired) electrons. The van der Waals surface area contributed by atoms with Gasteiger partial charge >= 0.3 is 0 Å². The zero-order valence-corrected chi connectivity index (χ0v) is 11.1. The first-order valence-electron chi connectivity index (χ1n) is 6.30. The van der Waals surface area contributed by atoms with Crippen molar-refractivity contribution < 1.29 is 9.90 Å². The largest absolute Gasteiger partial charge is 0.508 e. The van der Waals surface area contributed by atoms with Gasteiger partial charge in [-0.15, -0.1) is 0 Å². The molecule has 2 aromatic rings. The molecule has 19 heavy (non-hydrogen) atoms. The number of nitrogens with one attached hydrogen (secondary N) is 1. The lowest BCUT2D eigenvalue weighted by molar-refractivity contribution is 0.102. The molecule has 0 aromatic heterocycles. The zero-order valence-electron chi connectivity index (χ0n) is 11.1. The molecule has 0 aliphatic heterocycles. The minimum atomic E-state index is -0.163. The van der Waals surface area contributed by atoms with Crippen LogP contribution in [-0.2, 0) is 6.42 Å². The smallest absolute Gasteiger partial charge is 0.255 e. The number of hydrogen-bond donors (Lipinski definition) is 2. The number of aromatic hydroxyl groups is 1. The first-order chi connectivity index (χ1) is 9.11. The Bertz CT molecular complexity index is 605. The van der Waals surface area contributed by atoms with Crippen molar-refractivity contribution in [2.75, 3.05) is 5.32 Å². The van der Waals surface area contributed by atoms with E-state index in [-0.39, 0.29) is 11.7 Å². The molecule has 3 nitrogen and oxygen atoms in total. The summed E-state index contributed by atoms with van der Waals surface area (Å²) < 4.78 is 0. The third-order valence-corrected chi connectivity index (χ3v) is 3.11. The lowest BCUT2D eigenvalue weighted by Crippen LogP contribution is -2.13. The molecular formula is C16H17NO2. The Morgan fingerprint density at radius 3 is 2.63 bits per heavy atom. The normalized spacial score (nSPS) is 10.2. The molecule has 0 bridgehead atoms. The van der Waals surface area contributed by atoms with Gasteiger partial charge in [0.05, 0.1) is 0 Å². The highest BCUT2D eigenvalue weighted by molar-refractivity contribution is 6.04. The van der Waals surface area contributed by atoms with E-state index in [1.807, 2.05) is 24.3 Å². The van der Waals surface area contributed by atoms with Gasteiger partial charge in [-0.05, 0) is 48.7 Å². The topological polar surface area (TPSA) is 49.3 Å². The van der Waals surface area contributed by atoms with Crippen molar-refractivity contribution in [2.45, 2.75) is 20.3 Å². The van der Waals surface area contributed by atoms with Gasteiger partial charge in [0, 0.05) is 11.3 Å². The van der Waals surface area contributed by atoms with Crippen molar-refractivity contribution in [2.24, 2.45) is 0 Å². The zero-order chi connectivity index (χ0) is 13.8. The highest BCUT2D eigenvalue weighted by atomic mass is 16.3. The van der Waals surface area contributed by atoms with Crippen LogP contribution in [0.3, 0.4) is 0 Å². The number of benzene rings is 2. The third-order valence-electron chi connectivity index (χ3n) is 3.11. The van der Waals surface area contributed by atoms with Crippen LogP contribution in [0.25, 0.3) is 0 Å². The number of aryl methyl sites for hydroxylation is 2. The van der Waals surface area contributed by atoms with Gasteiger partial charge in [-0.25, -0.2) is 0 Å². The van der Waals surface area contributed by atoms with E-state index in [1.165, 1.54) is 6.07 Å². The summed E-state index contributed by atoms with van der Waals surface area (Å²) in [5.74, 6) is 0.0366. The van der Waals surface area contributed by atoms with Crippen LogP contribution < -0.4 is 5.32 Å². The molecule has 0 atom stereocenters. The number of carbonyl (C=O) groups is 1. The summed E-state index contributed by atoms with van der Waals surface area (Å²) in [4.78, 5) is 12.2. The monoisotopic (exact) mass is 255 g/mol. The fourth-order valence-corrected chi connectivity index (χ4v) is 1.94. The standard InChI is InChI=1S/C16H17NO2/c1-3-12-6-4-5-7-14(12)17-16(19)13-8-9-15(18)11(2)10-13/h4-10,18H,3H2,1-2H3,(H,17,19). The maximum Gasteiger partial charge on any atom is 0.255 e. The minimum absolute atomic E-state index is 0.163. The quantitative estimate of drug-likeness (QED) is 0.881. The molecular weight excluding hydrogens is 238 g/mol. The number of rotatable bonds is 3. The van der Waals surface area contributed by atoms with Crippen LogP contribution in [0.15, 0.2) is 42.5 Å². The predicted molar refractivity (Wildman–Crippen MR) is 76.6 cm³/mol. The Hall–Kier alpha value is -2.29. The van der Waals surface area contributed by atoms with Crippen LogP contribution in [0.1, 0.15) is 28.4 Å². The molecule has 2 rings (SSSR count). The number of phenolic OH excluding ortho intramolecular Hbond substituents is 1. The molecule has 2 N–H and O–H groups in total. The third kappa shape index (κ3) is 2.94. The average Bonchev–Trinajstić information content (AvgIpc) is 2.42. The van der Waals surface area contributed by atoms with Gasteiger partial charge in [0.15, 0.2) is 0 Å². The van der Waals surface area contributed by atoms with Gasteiger partial charge < -0.3 is 10.4 Å². The summed E-state index contributed by atoms with van der Waals surface area (Å²) in [5.41, 5.74) is 3.17. The summed E-state index contributed by atoms with van der Waals surface area (Å²) in [7, 11) is 0. The predicted octanol–water partition coefficient (Wildman–Crippen LogP) is 3.52. The fourth-order valence-electron chi connectivity index (χ4n) is 1.94. The van der Waals surface area contributed by atoms with Gasteiger partial charge in [0.25, 0.3) is 5.91 Å². The van der Waals surface area contributed by atoms with Gasteiger partial charge in [-0.3, -0.25) is 4.79 Å². The van der Waals surface area contributed by atoms with Crippen LogP contribution >= 0.6 is 0 Å². The van der Waals surface area contributed by atoms with Crippen molar-refractivity contribution in [3.05, 3.63) is 59.2 Å². The molecule has 98 valence electrons. The number of anilines is 1. The summed E-state index contributed by atoms with van der Waals surface area (Å²) in [6.45, 7) is 3.82. The van der Waals surface area contributed by atoms with Gasteiger partial charge in [-0.1, -0.05) is 25.1 Å². The lowest BCUT2D eigenvalue weighted by atomic mass is 10.1. The van der Waals surface area contributed by atoms with E-state index >= 15 is 0 Å². The fraction of sp³-hybridized carbons (Fsp3) is 0.188. The average molecular weight is 255 g/mol. The molecule has 0 saturated carbocycles. The van der Waals surface area contributed by atoms with E-state index in [0.29, 0.717) is 11.1 Å². The van der Waals surface area contributed by atoms with Crippen LogP contribution in [0, 0.1) is 6.92 Å². The number of carbonyl (C=O) groups excluding carboxylic acids is 1. The molecule has 1 amide bonds. The number of para-hydroxylation sites is 1. The maximum atomic E-state index is 12.2. The Morgan fingerprint density at radius 2 is 1.95 bits per heavy atom. The molecule has 0 saturated heterocycles. The van der Waals surface area contributed by atoms with E-state index in [4.69, 9.17) is 0 Å². The van der Waals surface area contributed by atoms with Crippen LogP contribution in [-0.4, -0.2) is 11.0 Å². The van der Waals surface area contributed by atoms with Crippen molar-refractivity contribution in [1.29, 1.82) is 0 Å². The second-order valence-corrected chi connectivity index (χ2v) is 4.47. The summed E-state index contributed by atoms with van der Waals surface area (Å²) >= 11 is 0. The molecule has 0 spiro atoms. The molecule has 0 aliphatic carbocycles. The highest BCUT2D eigenvalue weighted by Gasteiger charge is 2.09. The Labute approximate surface area is 112 Å². The molecule has 0 unspecified atom stereocenters. The summed E-state index contributed by atoms with van der Waals surface area (Å²) in [6.07, 6.45) is 0.866. The minimum Gasteiger partial charge on any atom is -0.508 e. The maximum absolute atomic E-state index is 12.2. The summed E-state index contributed by atoms with van der Waals surface area (Å²) in [6, 6.07) is 12.6. The molecule has 2 aromatic carbocycles. The highest BCUT2D eigenvalue weighted by Crippen LogP contribution is 2.20. The van der Waals surface area contributed by atoms with E-state index in [2.05, 4.69) is 12.2 Å². The van der Waals surface area contributed by atoms with E-state index in [9.17, 15) is 9.90 Å². The Morgan fingerprint density at radius 1 is 1.21 bits per heavy atom. The van der Waals surface area contributed by atoms with E-state index in [0.717, 1.165) is 17.7 Å². The molecule has 0 fully saturated rings. The van der Waals surface area contributed by atoms with Gasteiger partial charge in [-0.2, -0.15) is 0 Å². The lowest BCUT2D eigenvalue weighted by Gasteiger charge is -2.10. The van der Waals surface area contributed by atoms with Crippen LogP contribution in [0.4, 0.5) is 5.69 Å². The Kier molecular flexibility index (Phi) is 3.85. The number of hydrogen-bond acceptors (Lipinski definition) is 2. The van der Waals surface area contributed by atoms with E-state index in [1.54, 1.807) is 19.1 Å². The van der Waals surface area contributed by atoms with Crippen LogP contribution in [0.2, 0.25) is 0 Å². The first kappa shape index (κ1) is 13.1. The van der Waals surface area contributed by atoms with Crippen molar-refractivity contribution >= 4 is 11.6 Å². The summed E-state index contributed by atoms with van der Waals surface area (Å²) in [5, 5.41) is 12.4. The molecule has 0 heterocycles.